The van der Waals surface area contributed by atoms with Crippen LogP contribution in [0.25, 0.3) is 0 Å². The molecule has 0 aliphatic heterocycles. The number of amides is 1. The normalized spacial score (nSPS) is 11.6. The SMILES string of the molecule is CC(Oc1ccc(C#N)cc1)C(=O)N/N=C/c1ccncc1. The molecule has 0 bridgehead atoms. The molecule has 1 aromatic carbocycles. The number of nitrogens with one attached hydrogen (secondary N) is 1. The monoisotopic (exact) mass is 294 g/mol. The molecule has 0 saturated carbocycles. The van der Waals surface area contributed by atoms with E-state index in [2.05, 4.69) is 15.5 Å². The standard InChI is InChI=1S/C16H14N4O2/c1-12(22-15-4-2-13(10-17)3-5-15)16(21)20-19-11-14-6-8-18-9-7-14/h2-9,11-12H,1H3,(H,20,21)/b19-11+. The molecule has 1 N–H and O–H groups in total. The van der Waals surface area contributed by atoms with Gasteiger partial charge in [0.2, 0.25) is 0 Å². The van der Waals surface area contributed by atoms with E-state index in [1.807, 2.05) is 6.07 Å². The second-order valence-electron chi connectivity index (χ2n) is 4.41. The highest BCUT2D eigenvalue weighted by Gasteiger charge is 2.13. The third-order valence-corrected chi connectivity index (χ3v) is 2.76. The Kier molecular flexibility index (Phi) is 5.21. The Morgan fingerprint density at radius 1 is 1.32 bits per heavy atom. The molecule has 1 amide bonds. The number of rotatable bonds is 5. The Labute approximate surface area is 128 Å². The number of nitrogens with zero attached hydrogens (tertiary/aromatic N) is 3. The van der Waals surface area contributed by atoms with Gasteiger partial charge < -0.3 is 4.74 Å². The minimum atomic E-state index is -0.706. The molecule has 0 aliphatic carbocycles. The second-order valence-corrected chi connectivity index (χ2v) is 4.41. The number of hydrogen-bond donors (Lipinski definition) is 1. The van der Waals surface area contributed by atoms with Crippen molar-refractivity contribution in [3.63, 3.8) is 0 Å². The average Bonchev–Trinajstić information content (AvgIpc) is 2.56. The van der Waals surface area contributed by atoms with Crippen LogP contribution in [-0.2, 0) is 4.79 Å². The largest absolute Gasteiger partial charge is 0.481 e. The van der Waals surface area contributed by atoms with Gasteiger partial charge in [0.25, 0.3) is 5.91 Å². The summed E-state index contributed by atoms with van der Waals surface area (Å²) < 4.78 is 5.47. The number of benzene rings is 1. The molecule has 110 valence electrons. The summed E-state index contributed by atoms with van der Waals surface area (Å²) in [7, 11) is 0. The van der Waals surface area contributed by atoms with Crippen LogP contribution in [0.1, 0.15) is 18.1 Å². The zero-order valence-electron chi connectivity index (χ0n) is 11.9. The van der Waals surface area contributed by atoms with Crippen molar-refractivity contribution in [2.75, 3.05) is 0 Å². The molecular weight excluding hydrogens is 280 g/mol. The summed E-state index contributed by atoms with van der Waals surface area (Å²) in [5.41, 5.74) is 3.77. The second kappa shape index (κ2) is 7.55. The molecule has 2 rings (SSSR count). The zero-order chi connectivity index (χ0) is 15.8. The minimum absolute atomic E-state index is 0.366. The number of carbonyl (C=O) groups excluding carboxylic acids is 1. The van der Waals surface area contributed by atoms with Crippen LogP contribution in [0.2, 0.25) is 0 Å². The van der Waals surface area contributed by atoms with Crippen molar-refractivity contribution in [1.29, 1.82) is 5.26 Å². The Balaban J connectivity index is 1.86. The van der Waals surface area contributed by atoms with Crippen molar-refractivity contribution in [3.05, 3.63) is 59.9 Å². The lowest BCUT2D eigenvalue weighted by atomic mass is 10.2. The lowest BCUT2D eigenvalue weighted by Gasteiger charge is -2.12. The molecule has 0 spiro atoms. The van der Waals surface area contributed by atoms with Crippen LogP contribution >= 0.6 is 0 Å². The van der Waals surface area contributed by atoms with Crippen LogP contribution in [0.4, 0.5) is 0 Å². The van der Waals surface area contributed by atoms with E-state index < -0.39 is 6.10 Å². The smallest absolute Gasteiger partial charge is 0.280 e. The Hall–Kier alpha value is -3.20. The molecular formula is C16H14N4O2. The van der Waals surface area contributed by atoms with Crippen LogP contribution in [0.5, 0.6) is 5.75 Å². The maximum atomic E-state index is 11.8. The zero-order valence-corrected chi connectivity index (χ0v) is 11.9. The molecule has 0 aliphatic rings. The van der Waals surface area contributed by atoms with E-state index >= 15 is 0 Å². The minimum Gasteiger partial charge on any atom is -0.481 e. The van der Waals surface area contributed by atoms with Gasteiger partial charge in [-0.25, -0.2) is 5.43 Å². The van der Waals surface area contributed by atoms with E-state index in [-0.39, 0.29) is 5.91 Å². The summed E-state index contributed by atoms with van der Waals surface area (Å²) in [6, 6.07) is 12.1. The maximum absolute atomic E-state index is 11.8. The van der Waals surface area contributed by atoms with Gasteiger partial charge in [0.05, 0.1) is 17.8 Å². The molecule has 6 nitrogen and oxygen atoms in total. The molecule has 2 aromatic rings. The van der Waals surface area contributed by atoms with E-state index in [9.17, 15) is 4.79 Å². The predicted octanol–water partition coefficient (Wildman–Crippen LogP) is 1.87. The van der Waals surface area contributed by atoms with Crippen LogP contribution in [-0.4, -0.2) is 23.2 Å². The summed E-state index contributed by atoms with van der Waals surface area (Å²) in [6.07, 6.45) is 4.09. The highest BCUT2D eigenvalue weighted by Crippen LogP contribution is 2.13. The number of carbonyl (C=O) groups is 1. The summed E-state index contributed by atoms with van der Waals surface area (Å²) in [6.45, 7) is 1.62. The molecule has 0 radical (unpaired) electrons. The first-order valence-electron chi connectivity index (χ1n) is 6.59. The summed E-state index contributed by atoms with van der Waals surface area (Å²) in [5.74, 6) is 0.148. The van der Waals surface area contributed by atoms with Gasteiger partial charge in [0.1, 0.15) is 5.75 Å². The molecule has 0 fully saturated rings. The molecule has 22 heavy (non-hydrogen) atoms. The fraction of sp³-hybridized carbons (Fsp3) is 0.125. The molecule has 1 aromatic heterocycles. The van der Waals surface area contributed by atoms with Crippen LogP contribution in [0, 0.1) is 11.3 Å². The van der Waals surface area contributed by atoms with Gasteiger partial charge in [-0.3, -0.25) is 9.78 Å². The summed E-state index contributed by atoms with van der Waals surface area (Å²) in [4.78, 5) is 15.7. The van der Waals surface area contributed by atoms with Crippen molar-refractivity contribution >= 4 is 12.1 Å². The third kappa shape index (κ3) is 4.42. The number of nitriles is 1. The maximum Gasteiger partial charge on any atom is 0.280 e. The van der Waals surface area contributed by atoms with Gasteiger partial charge in [-0.2, -0.15) is 10.4 Å². The summed E-state index contributed by atoms with van der Waals surface area (Å²) >= 11 is 0. The first kappa shape index (κ1) is 15.2. The van der Waals surface area contributed by atoms with E-state index in [0.29, 0.717) is 11.3 Å². The first-order chi connectivity index (χ1) is 10.7. The number of pyridine rings is 1. The summed E-state index contributed by atoms with van der Waals surface area (Å²) in [5, 5.41) is 12.6. The quantitative estimate of drug-likeness (QED) is 0.673. The number of aromatic nitrogens is 1. The lowest BCUT2D eigenvalue weighted by molar-refractivity contribution is -0.127. The fourth-order valence-electron chi connectivity index (χ4n) is 1.58. The van der Waals surface area contributed by atoms with Crippen molar-refractivity contribution in [2.45, 2.75) is 13.0 Å². The van der Waals surface area contributed by atoms with E-state index in [0.717, 1.165) is 5.56 Å². The highest BCUT2D eigenvalue weighted by atomic mass is 16.5. The van der Waals surface area contributed by atoms with Crippen molar-refractivity contribution in [3.8, 4) is 11.8 Å². The molecule has 6 heteroatoms. The van der Waals surface area contributed by atoms with Gasteiger partial charge in [-0.05, 0) is 48.9 Å². The molecule has 1 heterocycles. The number of ether oxygens (including phenoxy) is 1. The first-order valence-corrected chi connectivity index (χ1v) is 6.59. The Bertz CT molecular complexity index is 690. The predicted molar refractivity (Wildman–Crippen MR) is 81.2 cm³/mol. The van der Waals surface area contributed by atoms with Crippen molar-refractivity contribution in [2.24, 2.45) is 5.10 Å². The average molecular weight is 294 g/mol. The number of hydrogen-bond acceptors (Lipinski definition) is 5. The van der Waals surface area contributed by atoms with Crippen LogP contribution in [0.3, 0.4) is 0 Å². The topological polar surface area (TPSA) is 87.4 Å². The van der Waals surface area contributed by atoms with Crippen molar-refractivity contribution in [1.82, 2.24) is 10.4 Å². The van der Waals surface area contributed by atoms with Crippen LogP contribution in [0.15, 0.2) is 53.9 Å². The van der Waals surface area contributed by atoms with Gasteiger partial charge >= 0.3 is 0 Å². The molecule has 0 saturated heterocycles. The Morgan fingerprint density at radius 2 is 2.00 bits per heavy atom. The van der Waals surface area contributed by atoms with E-state index in [1.54, 1.807) is 55.7 Å². The number of hydrazone groups is 1. The highest BCUT2D eigenvalue weighted by molar-refractivity contribution is 5.84. The molecule has 1 atom stereocenters. The van der Waals surface area contributed by atoms with Gasteiger partial charge in [0, 0.05) is 12.4 Å². The Morgan fingerprint density at radius 3 is 2.64 bits per heavy atom. The third-order valence-electron chi connectivity index (χ3n) is 2.76. The van der Waals surface area contributed by atoms with Crippen LogP contribution < -0.4 is 10.2 Å². The van der Waals surface area contributed by atoms with Gasteiger partial charge in [0.15, 0.2) is 6.10 Å². The van der Waals surface area contributed by atoms with E-state index in [4.69, 9.17) is 10.00 Å². The van der Waals surface area contributed by atoms with Crippen molar-refractivity contribution < 1.29 is 9.53 Å². The van der Waals surface area contributed by atoms with E-state index in [1.165, 1.54) is 6.21 Å². The molecule has 1 unspecified atom stereocenters. The lowest BCUT2D eigenvalue weighted by Crippen LogP contribution is -2.33. The fourth-order valence-corrected chi connectivity index (χ4v) is 1.58. The van der Waals surface area contributed by atoms with Gasteiger partial charge in [-0.15, -0.1) is 0 Å². The van der Waals surface area contributed by atoms with Gasteiger partial charge in [-0.1, -0.05) is 0 Å².